The standard InChI is InChI=1S/C16H24BrFN2/c1-16(2,3)11-6-7-20(10-11)15(9-19)13-5-4-12(17)8-14(13)18/h4-5,8,11,15H,6-7,9-10,19H2,1-3H3. The van der Waals surface area contributed by atoms with Crippen LogP contribution < -0.4 is 5.73 Å². The fraction of sp³-hybridized carbons (Fsp3) is 0.625. The molecular weight excluding hydrogens is 319 g/mol. The van der Waals surface area contributed by atoms with Crippen LogP contribution in [0.25, 0.3) is 0 Å². The second kappa shape index (κ2) is 6.12. The van der Waals surface area contributed by atoms with Crippen LogP contribution in [0.3, 0.4) is 0 Å². The van der Waals surface area contributed by atoms with Crippen LogP contribution in [-0.4, -0.2) is 24.5 Å². The Morgan fingerprint density at radius 1 is 1.45 bits per heavy atom. The maximum Gasteiger partial charge on any atom is 0.129 e. The van der Waals surface area contributed by atoms with E-state index >= 15 is 0 Å². The first-order chi connectivity index (χ1) is 9.32. The van der Waals surface area contributed by atoms with Gasteiger partial charge in [-0.3, -0.25) is 4.90 Å². The second-order valence-corrected chi connectivity index (χ2v) is 7.68. The van der Waals surface area contributed by atoms with E-state index in [0.717, 1.165) is 24.0 Å². The summed E-state index contributed by atoms with van der Waals surface area (Å²) in [6.07, 6.45) is 1.16. The summed E-state index contributed by atoms with van der Waals surface area (Å²) in [6, 6.07) is 5.24. The number of nitrogens with two attached hydrogens (primary N) is 1. The van der Waals surface area contributed by atoms with Crippen molar-refractivity contribution in [1.82, 2.24) is 4.90 Å². The van der Waals surface area contributed by atoms with Crippen molar-refractivity contribution in [2.24, 2.45) is 17.1 Å². The monoisotopic (exact) mass is 342 g/mol. The fourth-order valence-corrected chi connectivity index (χ4v) is 3.35. The maximum atomic E-state index is 14.2. The van der Waals surface area contributed by atoms with Gasteiger partial charge in [0.05, 0.1) is 0 Å². The fourth-order valence-electron chi connectivity index (χ4n) is 3.02. The van der Waals surface area contributed by atoms with Gasteiger partial charge >= 0.3 is 0 Å². The molecule has 0 spiro atoms. The van der Waals surface area contributed by atoms with Crippen LogP contribution >= 0.6 is 15.9 Å². The Bertz CT molecular complexity index is 470. The largest absolute Gasteiger partial charge is 0.329 e. The van der Waals surface area contributed by atoms with Crippen LogP contribution in [0.5, 0.6) is 0 Å². The van der Waals surface area contributed by atoms with Gasteiger partial charge in [-0.25, -0.2) is 4.39 Å². The molecule has 2 N–H and O–H groups in total. The third kappa shape index (κ3) is 3.41. The van der Waals surface area contributed by atoms with Crippen molar-refractivity contribution in [3.8, 4) is 0 Å². The van der Waals surface area contributed by atoms with E-state index in [1.54, 1.807) is 0 Å². The van der Waals surface area contributed by atoms with Gasteiger partial charge in [0.1, 0.15) is 5.82 Å². The Hall–Kier alpha value is -0.450. The Labute approximate surface area is 129 Å². The molecule has 2 nitrogen and oxygen atoms in total. The van der Waals surface area contributed by atoms with Gasteiger partial charge in [0.25, 0.3) is 0 Å². The van der Waals surface area contributed by atoms with E-state index in [0.29, 0.717) is 23.4 Å². The maximum absolute atomic E-state index is 14.2. The molecule has 1 saturated heterocycles. The number of likely N-dealkylation sites (tertiary alicyclic amines) is 1. The van der Waals surface area contributed by atoms with Gasteiger partial charge < -0.3 is 5.73 Å². The van der Waals surface area contributed by atoms with Crippen molar-refractivity contribution >= 4 is 15.9 Å². The first-order valence-electron chi connectivity index (χ1n) is 7.22. The van der Waals surface area contributed by atoms with Crippen molar-refractivity contribution in [1.29, 1.82) is 0 Å². The van der Waals surface area contributed by atoms with Gasteiger partial charge in [-0.05, 0) is 36.4 Å². The average Bonchev–Trinajstić information content (AvgIpc) is 2.82. The molecule has 1 aromatic carbocycles. The lowest BCUT2D eigenvalue weighted by Crippen LogP contribution is -2.34. The predicted molar refractivity (Wildman–Crippen MR) is 85.0 cm³/mol. The summed E-state index contributed by atoms with van der Waals surface area (Å²) in [5.41, 5.74) is 6.94. The van der Waals surface area contributed by atoms with Crippen LogP contribution in [0.15, 0.2) is 22.7 Å². The lowest BCUT2D eigenvalue weighted by atomic mass is 9.80. The number of benzene rings is 1. The highest BCUT2D eigenvalue weighted by atomic mass is 79.9. The summed E-state index contributed by atoms with van der Waals surface area (Å²) >= 11 is 3.30. The minimum Gasteiger partial charge on any atom is -0.329 e. The quantitative estimate of drug-likeness (QED) is 0.900. The van der Waals surface area contributed by atoms with Crippen molar-refractivity contribution in [2.75, 3.05) is 19.6 Å². The molecule has 0 radical (unpaired) electrons. The molecular formula is C16H24BrFN2. The molecule has 4 heteroatoms. The van der Waals surface area contributed by atoms with Crippen LogP contribution in [-0.2, 0) is 0 Å². The number of rotatable bonds is 3. The molecule has 112 valence electrons. The van der Waals surface area contributed by atoms with E-state index < -0.39 is 0 Å². The SMILES string of the molecule is CC(C)(C)C1CCN(C(CN)c2ccc(Br)cc2F)C1. The molecule has 1 heterocycles. The molecule has 2 unspecified atom stereocenters. The van der Waals surface area contributed by atoms with E-state index in [4.69, 9.17) is 5.73 Å². The van der Waals surface area contributed by atoms with Gasteiger partial charge in [0.15, 0.2) is 0 Å². The molecule has 1 fully saturated rings. The lowest BCUT2D eigenvalue weighted by molar-refractivity contribution is 0.195. The number of hydrogen-bond acceptors (Lipinski definition) is 2. The summed E-state index contributed by atoms with van der Waals surface area (Å²) in [7, 11) is 0. The van der Waals surface area contributed by atoms with Gasteiger partial charge in [0, 0.05) is 29.2 Å². The average molecular weight is 343 g/mol. The molecule has 0 aromatic heterocycles. The van der Waals surface area contributed by atoms with Gasteiger partial charge in [-0.15, -0.1) is 0 Å². The summed E-state index contributed by atoms with van der Waals surface area (Å²) in [5.74, 6) is 0.476. The first kappa shape index (κ1) is 15.9. The van der Waals surface area contributed by atoms with Crippen LogP contribution in [0.2, 0.25) is 0 Å². The van der Waals surface area contributed by atoms with Crippen LogP contribution in [0, 0.1) is 17.2 Å². The van der Waals surface area contributed by atoms with Crippen molar-refractivity contribution in [2.45, 2.75) is 33.2 Å². The zero-order chi connectivity index (χ0) is 14.9. The normalized spacial score (nSPS) is 22.2. The number of nitrogens with zero attached hydrogens (tertiary/aromatic N) is 1. The Morgan fingerprint density at radius 2 is 2.15 bits per heavy atom. The second-order valence-electron chi connectivity index (χ2n) is 6.76. The van der Waals surface area contributed by atoms with Gasteiger partial charge in [-0.2, -0.15) is 0 Å². The number of hydrogen-bond donors (Lipinski definition) is 1. The minimum absolute atomic E-state index is 0.0181. The lowest BCUT2D eigenvalue weighted by Gasteiger charge is -2.30. The molecule has 20 heavy (non-hydrogen) atoms. The summed E-state index contributed by atoms with van der Waals surface area (Å²) in [6.45, 7) is 9.28. The van der Waals surface area contributed by atoms with E-state index in [9.17, 15) is 4.39 Å². The van der Waals surface area contributed by atoms with E-state index in [2.05, 4.69) is 41.6 Å². The van der Waals surface area contributed by atoms with Crippen molar-refractivity contribution < 1.29 is 4.39 Å². The molecule has 1 aromatic rings. The van der Waals surface area contributed by atoms with Crippen molar-refractivity contribution in [3.05, 3.63) is 34.1 Å². The molecule has 0 bridgehead atoms. The highest BCUT2D eigenvalue weighted by molar-refractivity contribution is 9.10. The zero-order valence-electron chi connectivity index (χ0n) is 12.5. The van der Waals surface area contributed by atoms with E-state index in [1.807, 2.05) is 12.1 Å². The molecule has 2 atom stereocenters. The molecule has 0 aliphatic carbocycles. The molecule has 2 rings (SSSR count). The smallest absolute Gasteiger partial charge is 0.129 e. The summed E-state index contributed by atoms with van der Waals surface area (Å²) in [4.78, 5) is 2.34. The molecule has 1 aliphatic rings. The Morgan fingerprint density at radius 3 is 2.65 bits per heavy atom. The number of halogens is 2. The van der Waals surface area contributed by atoms with Gasteiger partial charge in [-0.1, -0.05) is 42.8 Å². The van der Waals surface area contributed by atoms with Gasteiger partial charge in [0.2, 0.25) is 0 Å². The summed E-state index contributed by atoms with van der Waals surface area (Å²) < 4.78 is 14.9. The highest BCUT2D eigenvalue weighted by Gasteiger charge is 2.35. The van der Waals surface area contributed by atoms with Crippen LogP contribution in [0.1, 0.15) is 38.8 Å². The Kier molecular flexibility index (Phi) is 4.88. The predicted octanol–water partition coefficient (Wildman–Crippen LogP) is 3.96. The van der Waals surface area contributed by atoms with Crippen molar-refractivity contribution in [3.63, 3.8) is 0 Å². The molecule has 0 saturated carbocycles. The van der Waals surface area contributed by atoms with E-state index in [-0.39, 0.29) is 11.9 Å². The highest BCUT2D eigenvalue weighted by Crippen LogP contribution is 2.37. The third-order valence-corrected chi connectivity index (χ3v) is 4.92. The zero-order valence-corrected chi connectivity index (χ0v) is 14.1. The topological polar surface area (TPSA) is 29.3 Å². The molecule has 1 aliphatic heterocycles. The summed E-state index contributed by atoms with van der Waals surface area (Å²) in [5, 5.41) is 0. The van der Waals surface area contributed by atoms with E-state index in [1.165, 1.54) is 6.07 Å². The van der Waals surface area contributed by atoms with Crippen LogP contribution in [0.4, 0.5) is 4.39 Å². The molecule has 0 amide bonds. The first-order valence-corrected chi connectivity index (χ1v) is 8.01. The minimum atomic E-state index is -0.172. The Balaban J connectivity index is 2.17. The third-order valence-electron chi connectivity index (χ3n) is 4.43.